The first-order valence-corrected chi connectivity index (χ1v) is 11.4. The zero-order valence-corrected chi connectivity index (χ0v) is 42.9. The quantitative estimate of drug-likeness (QED) is 0.199. The van der Waals surface area contributed by atoms with Crippen molar-refractivity contribution in [3.05, 3.63) is 75.9 Å². The summed E-state index contributed by atoms with van der Waals surface area (Å²) in [5.41, 5.74) is 0.987. The molecule has 3 N–H and O–H groups in total. The minimum atomic E-state index is -0.0561. The molecule has 0 saturated heterocycles. The number of nitrogens with zero attached hydrogens (tertiary/aromatic N) is 6. The van der Waals surface area contributed by atoms with Gasteiger partial charge in [-0.3, -0.25) is 0 Å². The average Bonchev–Trinajstić information content (AvgIpc) is 2.96. The van der Waals surface area contributed by atoms with Crippen LogP contribution >= 0.6 is 0 Å². The first kappa shape index (κ1) is 31.9. The van der Waals surface area contributed by atoms with Crippen LogP contribution < -0.4 is 28.9 Å². The van der Waals surface area contributed by atoms with Gasteiger partial charge in [-0.1, -0.05) is 0 Å². The number of hydrogen-bond donors (Lipinski definition) is 3. The standard InChI is InChI=1S/C27H27N6O6.3Rf/c1-31(19-13-16(37-4)7-10-22(19)34)25-28-26(32(2)20-14-17(38-5)8-11-23(20)35)30-27(29-25)33(3)21-15-18(39-6)9-12-24(21)36;;;/h7-15,34-36H,4-6H2,1-3H3;;;/q-3;;;. The van der Waals surface area contributed by atoms with E-state index in [4.69, 9.17) is 14.2 Å². The van der Waals surface area contributed by atoms with Crippen LogP contribution in [0.15, 0.2) is 54.6 Å². The van der Waals surface area contributed by atoms with Crippen molar-refractivity contribution in [2.24, 2.45) is 0 Å². The Labute approximate surface area is 225 Å². The zero-order valence-electron chi connectivity index (χ0n) is 23.7. The van der Waals surface area contributed by atoms with E-state index in [0.29, 0.717) is 34.3 Å². The number of aromatic hydroxyl groups is 3. The zero-order chi connectivity index (χ0) is 28.3. The van der Waals surface area contributed by atoms with Crippen LogP contribution in [0.5, 0.6) is 34.5 Å². The van der Waals surface area contributed by atoms with Gasteiger partial charge < -0.3 is 44.2 Å². The molecule has 0 bridgehead atoms. The third-order valence-corrected chi connectivity index (χ3v) is 5.92. The molecule has 12 nitrogen and oxygen atoms in total. The number of hydrogen-bond acceptors (Lipinski definition) is 12. The molecule has 0 fully saturated rings. The van der Waals surface area contributed by atoms with Crippen molar-refractivity contribution in [3.8, 4) is 34.5 Å². The number of aromatic nitrogens is 3. The molecule has 0 unspecified atom stereocenters. The number of benzene rings is 3. The Hall–Kier alpha value is -8.13. The molecule has 210 valence electrons. The van der Waals surface area contributed by atoms with Gasteiger partial charge in [0.2, 0.25) is 17.8 Å². The SMILES string of the molecule is [CH2-]Oc1ccc(O)c(N(C)c2nc(N(C)c3cc(O[CH2-])ccc3O)nc(N(C)c3cc(O[CH2-])ccc3O)n2)c1.[Rf].[Rf].[Rf]. The maximum absolute atomic E-state index is 10.5. The van der Waals surface area contributed by atoms with Crippen molar-refractivity contribution in [2.75, 3.05) is 35.8 Å². The minimum absolute atomic E-state index is 0. The van der Waals surface area contributed by atoms with E-state index in [1.807, 2.05) is 0 Å². The van der Waals surface area contributed by atoms with E-state index >= 15 is 0 Å². The molecule has 0 spiro atoms. The Morgan fingerprint density at radius 3 is 0.952 bits per heavy atom. The van der Waals surface area contributed by atoms with E-state index in [2.05, 4.69) is 36.3 Å². The number of phenolic OH excluding ortho intramolecular Hbond substituents is 3. The summed E-state index contributed by atoms with van der Waals surface area (Å²) in [5.74, 6) is 1.42. The van der Waals surface area contributed by atoms with E-state index in [9.17, 15) is 15.3 Å². The van der Waals surface area contributed by atoms with Crippen molar-refractivity contribution < 1.29 is 29.5 Å². The normalized spacial score (nSPS) is 9.86. The summed E-state index contributed by atoms with van der Waals surface area (Å²) >= 11 is 0. The minimum Gasteiger partial charge on any atom is -0.665 e. The predicted octanol–water partition coefficient (Wildman–Crippen LogP) is 4.80. The van der Waals surface area contributed by atoms with Crippen molar-refractivity contribution in [2.45, 2.75) is 0 Å². The first-order valence-electron chi connectivity index (χ1n) is 11.4. The van der Waals surface area contributed by atoms with Gasteiger partial charge in [-0.15, -0.1) is 0 Å². The molecule has 0 radical (unpaired) electrons. The summed E-state index contributed by atoms with van der Waals surface area (Å²) in [6.45, 7) is 0. The second kappa shape index (κ2) is 12.4. The van der Waals surface area contributed by atoms with Crippen molar-refractivity contribution >= 4 is 34.9 Å². The Balaban J connectivity index is 0.00000294. The van der Waals surface area contributed by atoms with Gasteiger partial charge in [-0.25, -0.2) is 0 Å². The molecule has 1 heterocycles. The van der Waals surface area contributed by atoms with Gasteiger partial charge in [0, 0.05) is 39.3 Å². The van der Waals surface area contributed by atoms with Gasteiger partial charge in [0.05, 0.1) is 34.3 Å². The number of phenols is 3. The van der Waals surface area contributed by atoms with Gasteiger partial charge >= 0.3 is 0 Å². The Morgan fingerprint density at radius 1 is 0.500 bits per heavy atom. The molecule has 1 aromatic heterocycles. The monoisotopic (exact) mass is 1330 g/mol. The molecule has 4 aromatic rings. The summed E-state index contributed by atoms with van der Waals surface area (Å²) < 4.78 is 15.2. The summed E-state index contributed by atoms with van der Waals surface area (Å²) in [5, 5.41) is 31.6. The van der Waals surface area contributed by atoms with E-state index < -0.39 is 0 Å². The Morgan fingerprint density at radius 2 is 0.738 bits per heavy atom. The van der Waals surface area contributed by atoms with Crippen LogP contribution in [0, 0.1) is 21.3 Å². The maximum Gasteiger partial charge on any atom is 0.236 e. The van der Waals surface area contributed by atoms with Crippen LogP contribution in [0.1, 0.15) is 0 Å². The molecule has 0 aliphatic heterocycles. The summed E-state index contributed by atoms with van der Waals surface area (Å²) in [6, 6.07) is 13.8. The van der Waals surface area contributed by atoms with Crippen molar-refractivity contribution in [1.82, 2.24) is 15.0 Å². The third kappa shape index (κ3) is 5.72. The molecule has 3 aromatic carbocycles. The van der Waals surface area contributed by atoms with Crippen LogP contribution in [0.3, 0.4) is 0 Å². The molecule has 0 aliphatic rings. The topological polar surface area (TPSA) is 137 Å². The van der Waals surface area contributed by atoms with Crippen LogP contribution in [0.2, 0.25) is 0 Å². The van der Waals surface area contributed by atoms with Gasteiger partial charge in [0.25, 0.3) is 0 Å². The molecule has 0 amide bonds. The Kier molecular flexibility index (Phi) is 9.42. The van der Waals surface area contributed by atoms with E-state index in [-0.39, 0.29) is 35.1 Å². The van der Waals surface area contributed by atoms with Crippen LogP contribution in [0.4, 0.5) is 34.9 Å². The molecule has 0 atom stereocenters. The largest absolute Gasteiger partial charge is 0.665 e. The maximum atomic E-state index is 10.5. The number of anilines is 6. The summed E-state index contributed by atoms with van der Waals surface area (Å²) in [6.07, 6.45) is 0. The van der Waals surface area contributed by atoms with Gasteiger partial charge in [-0.05, 0) is 36.4 Å². The summed E-state index contributed by atoms with van der Waals surface area (Å²) in [7, 11) is 15.2. The molecule has 0 aliphatic carbocycles. The first-order chi connectivity index (χ1) is 18.7. The van der Waals surface area contributed by atoms with Crippen LogP contribution in [0.25, 0.3) is 0 Å². The fourth-order valence-corrected chi connectivity index (χ4v) is 3.70. The number of rotatable bonds is 9. The molecule has 4 rings (SSSR count). The van der Waals surface area contributed by atoms with Gasteiger partial charge in [0.15, 0.2) is 0 Å². The number of ether oxygens (including phenoxy) is 3. The summed E-state index contributed by atoms with van der Waals surface area (Å²) in [4.78, 5) is 18.3. The molecule has 15 heteroatoms. The molecule has 42 heavy (non-hydrogen) atoms. The third-order valence-electron chi connectivity index (χ3n) is 5.92. The van der Waals surface area contributed by atoms with E-state index in [1.54, 1.807) is 57.5 Å². The predicted molar refractivity (Wildman–Crippen MR) is 146 cm³/mol. The van der Waals surface area contributed by atoms with Crippen molar-refractivity contribution in [3.63, 3.8) is 0 Å². The second-order valence-corrected chi connectivity index (χ2v) is 8.30. The van der Waals surface area contributed by atoms with Crippen molar-refractivity contribution in [1.29, 1.82) is 0 Å². The van der Waals surface area contributed by atoms with Crippen LogP contribution in [-0.2, 0) is 0 Å². The molecular weight excluding hydrogens is 1310 g/mol. The fourth-order valence-electron chi connectivity index (χ4n) is 3.70. The molecule has 0 saturated carbocycles. The van der Waals surface area contributed by atoms with E-state index in [1.165, 1.54) is 32.9 Å². The molecular formula is C27H27N6O6Rf3-3. The van der Waals surface area contributed by atoms with E-state index in [0.717, 1.165) is 0 Å². The van der Waals surface area contributed by atoms with Gasteiger partial charge in [-0.2, -0.15) is 36.3 Å². The van der Waals surface area contributed by atoms with Gasteiger partial charge in [0.1, 0.15) is 17.2 Å². The fraction of sp³-hybridized carbons (Fsp3) is 0.111. The van der Waals surface area contributed by atoms with Crippen LogP contribution in [-0.4, -0.2) is 51.4 Å². The Bertz CT molecular complexity index is 1310. The second-order valence-electron chi connectivity index (χ2n) is 8.30. The smallest absolute Gasteiger partial charge is 0.236 e. The average molecular weight is 1330 g/mol.